The Morgan fingerprint density at radius 3 is 2.28 bits per heavy atom. The molecule has 0 aromatic heterocycles. The van der Waals surface area contributed by atoms with Crippen LogP contribution in [-0.2, 0) is 31.3 Å². The minimum Gasteiger partial charge on any atom is -0.482 e. The van der Waals surface area contributed by atoms with Gasteiger partial charge in [0.05, 0.1) is 30.5 Å². The third-order valence-corrected chi connectivity index (χ3v) is 12.7. The average molecular weight is 692 g/mol. The number of hydrogen-bond donors (Lipinski definition) is 2. The molecule has 0 radical (unpaired) electrons. The van der Waals surface area contributed by atoms with Gasteiger partial charge in [-0.3, -0.25) is 24.2 Å². The molecule has 1 spiro atoms. The molecule has 1 saturated heterocycles. The van der Waals surface area contributed by atoms with Crippen LogP contribution in [0.25, 0.3) is 0 Å². The van der Waals surface area contributed by atoms with Crippen molar-refractivity contribution in [1.29, 1.82) is 0 Å². The number of rotatable bonds is 9. The number of carbonyl (C=O) groups excluding carboxylic acids is 3. The number of fused-ring (bicyclic) bond motifs is 3. The monoisotopic (exact) mass is 691 g/mol. The lowest BCUT2D eigenvalue weighted by Crippen LogP contribution is -2.45. The van der Waals surface area contributed by atoms with E-state index in [1.165, 1.54) is 0 Å². The summed E-state index contributed by atoms with van der Waals surface area (Å²) in [7, 11) is -3.09. The van der Waals surface area contributed by atoms with Crippen LogP contribution in [0, 0.1) is 5.92 Å². The second-order valence-corrected chi connectivity index (χ2v) is 17.7. The van der Waals surface area contributed by atoms with Crippen molar-refractivity contribution in [3.8, 4) is 5.75 Å². The average Bonchev–Trinajstić information content (AvgIpc) is 3.54. The highest BCUT2D eigenvalue weighted by Crippen LogP contribution is 2.61. The Hall–Kier alpha value is -4.81. The van der Waals surface area contributed by atoms with E-state index < -0.39 is 31.5 Å². The van der Waals surface area contributed by atoms with Crippen molar-refractivity contribution < 1.29 is 33.8 Å². The zero-order valence-electron chi connectivity index (χ0n) is 28.4. The van der Waals surface area contributed by atoms with Gasteiger partial charge in [0.2, 0.25) is 5.91 Å². The Morgan fingerprint density at radius 1 is 0.900 bits per heavy atom. The van der Waals surface area contributed by atoms with Gasteiger partial charge in [-0.05, 0) is 61.1 Å². The molecule has 0 saturated carbocycles. The van der Waals surface area contributed by atoms with E-state index in [1.54, 1.807) is 14.7 Å². The van der Waals surface area contributed by atoms with E-state index in [0.717, 1.165) is 5.56 Å². The largest absolute Gasteiger partial charge is 0.482 e. The number of benzene rings is 4. The van der Waals surface area contributed by atoms with Gasteiger partial charge in [-0.1, -0.05) is 67.6 Å². The van der Waals surface area contributed by atoms with Crippen molar-refractivity contribution in [2.24, 2.45) is 5.92 Å². The van der Waals surface area contributed by atoms with Crippen molar-refractivity contribution in [1.82, 2.24) is 4.90 Å². The Kier molecular flexibility index (Phi) is 8.85. The fourth-order valence-corrected chi connectivity index (χ4v) is 10.6. The molecule has 3 aliphatic heterocycles. The van der Waals surface area contributed by atoms with Crippen molar-refractivity contribution in [3.63, 3.8) is 0 Å². The van der Waals surface area contributed by atoms with E-state index in [9.17, 15) is 19.5 Å². The molecule has 0 aliphatic carbocycles. The van der Waals surface area contributed by atoms with Gasteiger partial charge >= 0.3 is 0 Å². The van der Waals surface area contributed by atoms with Crippen LogP contribution in [0.5, 0.6) is 5.75 Å². The minimum atomic E-state index is -3.09. The summed E-state index contributed by atoms with van der Waals surface area (Å²) in [5.41, 5.74) is 1.85. The number of aliphatic hydroxyl groups is 1. The van der Waals surface area contributed by atoms with Gasteiger partial charge in [-0.2, -0.15) is 0 Å². The predicted molar refractivity (Wildman–Crippen MR) is 192 cm³/mol. The smallest absolute Gasteiger partial charge is 0.269 e. The highest BCUT2D eigenvalue weighted by Gasteiger charge is 2.67. The van der Waals surface area contributed by atoms with Gasteiger partial charge in [-0.15, -0.1) is 0 Å². The molecule has 3 aliphatic rings. The van der Waals surface area contributed by atoms with Crippen LogP contribution < -0.4 is 14.5 Å². The van der Waals surface area contributed by atoms with Crippen molar-refractivity contribution in [3.05, 3.63) is 114 Å². The lowest BCUT2D eigenvalue weighted by molar-refractivity contribution is -0.149. The standard InChI is InChI=1S/C39H41N3O7Si/c1-26-37(50(2,3)47)34(23-35(44)40(20-21-43)24-27-12-6-4-7-13-27)49-39(26)30-22-29(41-32-16-10-11-17-33(32)48-25-36(41)45)18-19-31(30)42(38(39)46)28-14-8-5-9-15-28/h4-19,22,26,34,37,43,47H,20-21,23-25H2,1-3H3/t26-,34+,37-,39+/m0/s1. The number of hydrogen-bond acceptors (Lipinski definition) is 7. The zero-order valence-corrected chi connectivity index (χ0v) is 29.4. The summed E-state index contributed by atoms with van der Waals surface area (Å²) in [6.07, 6.45) is -0.869. The summed E-state index contributed by atoms with van der Waals surface area (Å²) in [5.74, 6) is -0.767. The first-order valence-electron chi connectivity index (χ1n) is 17.0. The zero-order chi connectivity index (χ0) is 35.2. The molecule has 0 bridgehead atoms. The van der Waals surface area contributed by atoms with E-state index in [1.807, 2.05) is 123 Å². The fraction of sp³-hybridized carbons (Fsp3) is 0.308. The molecule has 4 aromatic carbocycles. The van der Waals surface area contributed by atoms with E-state index >= 15 is 4.79 Å². The lowest BCUT2D eigenvalue weighted by atomic mass is 9.82. The molecule has 50 heavy (non-hydrogen) atoms. The molecule has 3 amide bonds. The molecular formula is C39H41N3O7Si. The SMILES string of the molecule is C[C@H]1[C@H]([Si](C)(C)O)[C@@H](CC(=O)N(CCO)Cc2ccccc2)O[C@]12C(=O)N(c1ccccc1)c1ccc(N3C(=O)COc4ccccc43)cc12. The fourth-order valence-electron chi connectivity index (χ4n) is 8.07. The number of aliphatic hydroxyl groups excluding tert-OH is 1. The maximum atomic E-state index is 15.0. The molecule has 7 rings (SSSR count). The second-order valence-electron chi connectivity index (χ2n) is 13.8. The molecule has 4 aromatic rings. The molecule has 258 valence electrons. The molecule has 1 fully saturated rings. The van der Waals surface area contributed by atoms with Crippen molar-refractivity contribution in [2.45, 2.75) is 50.2 Å². The van der Waals surface area contributed by atoms with Gasteiger partial charge in [-0.25, -0.2) is 0 Å². The molecule has 4 atom stereocenters. The molecule has 11 heteroatoms. The minimum absolute atomic E-state index is 0.0798. The molecule has 10 nitrogen and oxygen atoms in total. The first-order chi connectivity index (χ1) is 24.0. The third kappa shape index (κ3) is 5.69. The Bertz CT molecular complexity index is 1920. The van der Waals surface area contributed by atoms with Crippen LogP contribution >= 0.6 is 0 Å². The number of para-hydroxylation sites is 3. The van der Waals surface area contributed by atoms with Crippen LogP contribution in [0.1, 0.15) is 24.5 Å². The summed E-state index contributed by atoms with van der Waals surface area (Å²) < 4.78 is 12.7. The van der Waals surface area contributed by atoms with Gasteiger partial charge in [0, 0.05) is 41.5 Å². The van der Waals surface area contributed by atoms with Crippen LogP contribution in [0.2, 0.25) is 18.6 Å². The summed E-state index contributed by atoms with van der Waals surface area (Å²) >= 11 is 0. The lowest BCUT2D eigenvalue weighted by Gasteiger charge is -2.33. The van der Waals surface area contributed by atoms with Gasteiger partial charge in [0.1, 0.15) is 5.75 Å². The molecule has 2 N–H and O–H groups in total. The van der Waals surface area contributed by atoms with Crippen LogP contribution in [-0.4, -0.2) is 66.7 Å². The highest BCUT2D eigenvalue weighted by atomic mass is 28.4. The summed E-state index contributed by atoms with van der Waals surface area (Å²) in [5, 5.41) is 9.87. The van der Waals surface area contributed by atoms with E-state index in [0.29, 0.717) is 40.6 Å². The quantitative estimate of drug-likeness (QED) is 0.219. The maximum absolute atomic E-state index is 15.0. The number of amides is 3. The summed E-state index contributed by atoms with van der Waals surface area (Å²) in [6, 6.07) is 31.7. The van der Waals surface area contributed by atoms with E-state index in [2.05, 4.69) is 0 Å². The topological polar surface area (TPSA) is 120 Å². The number of anilines is 4. The predicted octanol–water partition coefficient (Wildman–Crippen LogP) is 5.63. The normalized spacial score (nSPS) is 22.8. The molecular weight excluding hydrogens is 651 g/mol. The van der Waals surface area contributed by atoms with Crippen LogP contribution in [0.15, 0.2) is 103 Å². The number of nitrogens with zero attached hydrogens (tertiary/aromatic N) is 3. The maximum Gasteiger partial charge on any atom is 0.269 e. The van der Waals surface area contributed by atoms with Crippen LogP contribution in [0.3, 0.4) is 0 Å². The van der Waals surface area contributed by atoms with Gasteiger partial charge < -0.3 is 24.3 Å². The Morgan fingerprint density at radius 2 is 1.58 bits per heavy atom. The second kappa shape index (κ2) is 13.1. The number of carbonyl (C=O) groups is 3. The van der Waals surface area contributed by atoms with E-state index in [-0.39, 0.29) is 43.9 Å². The van der Waals surface area contributed by atoms with Crippen LogP contribution in [0.4, 0.5) is 22.7 Å². The third-order valence-electron chi connectivity index (χ3n) is 10.2. The Labute approximate surface area is 292 Å². The first kappa shape index (κ1) is 33.7. The molecule has 0 unspecified atom stereocenters. The summed E-state index contributed by atoms with van der Waals surface area (Å²) in [4.78, 5) is 59.1. The van der Waals surface area contributed by atoms with Crippen molar-refractivity contribution in [2.75, 3.05) is 29.6 Å². The van der Waals surface area contributed by atoms with Gasteiger partial charge in [0.25, 0.3) is 11.8 Å². The first-order valence-corrected chi connectivity index (χ1v) is 20.0. The van der Waals surface area contributed by atoms with Gasteiger partial charge in [0.15, 0.2) is 20.5 Å². The van der Waals surface area contributed by atoms with Crippen molar-refractivity contribution >= 4 is 48.8 Å². The number of ether oxygens (including phenoxy) is 2. The van der Waals surface area contributed by atoms with E-state index in [4.69, 9.17) is 9.47 Å². The Balaban J connectivity index is 1.33. The summed E-state index contributed by atoms with van der Waals surface area (Å²) in [6.45, 7) is 5.65. The molecule has 3 heterocycles. The highest BCUT2D eigenvalue weighted by molar-refractivity contribution is 6.71.